The predicted octanol–water partition coefficient (Wildman–Crippen LogP) is 11.7. The highest BCUT2D eigenvalue weighted by molar-refractivity contribution is 8.77. The SMILES string of the molecule is CCCCCCCCCCCCSSCCOC(=O)CCN(C)CCCN(C)CCC(=O)OCCSSCCCCCCCCCCCC. The van der Waals surface area contributed by atoms with Crippen LogP contribution in [-0.4, -0.2) is 98.2 Å². The second kappa shape index (κ2) is 41.0. The normalized spacial score (nSPS) is 11.6. The van der Waals surface area contributed by atoms with E-state index in [0.717, 1.165) is 31.0 Å². The summed E-state index contributed by atoms with van der Waals surface area (Å²) in [5.74, 6) is 3.90. The molecule has 0 amide bonds. The van der Waals surface area contributed by atoms with E-state index >= 15 is 0 Å². The van der Waals surface area contributed by atoms with E-state index in [1.165, 1.54) is 140 Å². The highest BCUT2D eigenvalue weighted by atomic mass is 33.1. The highest BCUT2D eigenvalue weighted by Crippen LogP contribution is 2.24. The average molecular weight is 767 g/mol. The topological polar surface area (TPSA) is 59.1 Å². The van der Waals surface area contributed by atoms with Gasteiger partial charge in [-0.1, -0.05) is 173 Å². The number of hydrogen-bond acceptors (Lipinski definition) is 10. The first-order chi connectivity index (χ1) is 24.0. The predicted molar refractivity (Wildman–Crippen MR) is 224 cm³/mol. The van der Waals surface area contributed by atoms with E-state index in [4.69, 9.17) is 9.47 Å². The summed E-state index contributed by atoms with van der Waals surface area (Å²) in [6, 6.07) is 0. The third-order valence-corrected chi connectivity index (χ3v) is 13.6. The van der Waals surface area contributed by atoms with Crippen molar-refractivity contribution in [1.29, 1.82) is 0 Å². The summed E-state index contributed by atoms with van der Waals surface area (Å²) in [6.45, 7) is 8.82. The third-order valence-electron chi connectivity index (χ3n) is 8.66. The van der Waals surface area contributed by atoms with Crippen molar-refractivity contribution in [3.8, 4) is 0 Å². The second-order valence-electron chi connectivity index (χ2n) is 13.6. The van der Waals surface area contributed by atoms with Gasteiger partial charge in [0, 0.05) is 36.1 Å². The van der Waals surface area contributed by atoms with E-state index in [9.17, 15) is 9.59 Å². The van der Waals surface area contributed by atoms with Gasteiger partial charge >= 0.3 is 11.9 Å². The van der Waals surface area contributed by atoms with Gasteiger partial charge in [0.15, 0.2) is 0 Å². The number of carbonyl (C=O) groups is 2. The van der Waals surface area contributed by atoms with Gasteiger partial charge < -0.3 is 19.3 Å². The van der Waals surface area contributed by atoms with Crippen LogP contribution in [0.15, 0.2) is 0 Å². The number of ether oxygens (including phenoxy) is 2. The van der Waals surface area contributed by atoms with Crippen LogP contribution in [-0.2, 0) is 19.1 Å². The summed E-state index contributed by atoms with van der Waals surface area (Å²) in [7, 11) is 11.6. The Morgan fingerprint density at radius 2 is 0.714 bits per heavy atom. The zero-order chi connectivity index (χ0) is 35.9. The Labute approximate surface area is 320 Å². The fourth-order valence-electron chi connectivity index (χ4n) is 5.45. The Hall–Kier alpha value is 0.260. The lowest BCUT2D eigenvalue weighted by atomic mass is 10.1. The Balaban J connectivity index is 3.45. The molecule has 49 heavy (non-hydrogen) atoms. The lowest BCUT2D eigenvalue weighted by molar-refractivity contribution is -0.144. The van der Waals surface area contributed by atoms with E-state index in [2.05, 4.69) is 37.7 Å². The molecule has 0 N–H and O–H groups in total. The van der Waals surface area contributed by atoms with Crippen molar-refractivity contribution in [3.63, 3.8) is 0 Å². The maximum atomic E-state index is 12.1. The van der Waals surface area contributed by atoms with E-state index in [1.54, 1.807) is 0 Å². The molecule has 0 saturated carbocycles. The molecule has 0 rings (SSSR count). The van der Waals surface area contributed by atoms with Crippen LogP contribution in [0.5, 0.6) is 0 Å². The van der Waals surface area contributed by atoms with E-state index in [1.807, 2.05) is 43.2 Å². The zero-order valence-electron chi connectivity index (χ0n) is 32.5. The number of nitrogens with zero attached hydrogens (tertiary/aromatic N) is 2. The molecule has 0 aromatic carbocycles. The van der Waals surface area contributed by atoms with Gasteiger partial charge in [-0.25, -0.2) is 0 Å². The van der Waals surface area contributed by atoms with Crippen LogP contribution in [0.2, 0.25) is 0 Å². The van der Waals surface area contributed by atoms with Gasteiger partial charge in [0.1, 0.15) is 13.2 Å². The van der Waals surface area contributed by atoms with Gasteiger partial charge in [-0.15, -0.1) is 0 Å². The van der Waals surface area contributed by atoms with Crippen molar-refractivity contribution in [2.24, 2.45) is 0 Å². The van der Waals surface area contributed by atoms with Crippen molar-refractivity contribution in [2.45, 2.75) is 162 Å². The molecule has 0 fully saturated rings. The molecule has 0 aliphatic rings. The monoisotopic (exact) mass is 766 g/mol. The second-order valence-corrected chi connectivity index (χ2v) is 19.0. The van der Waals surface area contributed by atoms with Crippen LogP contribution < -0.4 is 0 Å². The molecular weight excluding hydrogens is 689 g/mol. The molecule has 0 aromatic rings. The van der Waals surface area contributed by atoms with Gasteiger partial charge in [0.05, 0.1) is 12.8 Å². The third kappa shape index (κ3) is 40.9. The Morgan fingerprint density at radius 3 is 1.06 bits per heavy atom. The Bertz CT molecular complexity index is 652. The smallest absolute Gasteiger partial charge is 0.307 e. The first-order valence-electron chi connectivity index (χ1n) is 20.2. The van der Waals surface area contributed by atoms with Crippen LogP contribution in [0.4, 0.5) is 0 Å². The minimum Gasteiger partial charge on any atom is -0.465 e. The molecule has 0 aliphatic carbocycles. The van der Waals surface area contributed by atoms with E-state index in [-0.39, 0.29) is 11.9 Å². The summed E-state index contributed by atoms with van der Waals surface area (Å²) in [5, 5.41) is 0. The fraction of sp³-hybridized carbons (Fsp3) is 0.949. The van der Waals surface area contributed by atoms with Crippen LogP contribution in [0.25, 0.3) is 0 Å². The number of unbranched alkanes of at least 4 members (excludes halogenated alkanes) is 18. The molecule has 0 bridgehead atoms. The van der Waals surface area contributed by atoms with Crippen LogP contribution in [0, 0.1) is 0 Å². The van der Waals surface area contributed by atoms with Crippen molar-refractivity contribution >= 4 is 55.1 Å². The van der Waals surface area contributed by atoms with Gasteiger partial charge in [-0.3, -0.25) is 9.59 Å². The van der Waals surface area contributed by atoms with Gasteiger partial charge in [-0.2, -0.15) is 0 Å². The molecule has 0 heterocycles. The molecule has 0 radical (unpaired) electrons. The molecule has 6 nitrogen and oxygen atoms in total. The standard InChI is InChI=1S/C39H78N2O4S4/c1-5-7-9-11-13-15-17-19-21-23-34-46-48-36-32-44-38(42)26-30-40(3)28-25-29-41(4)31-27-39(43)45-33-37-49-47-35-24-22-20-18-16-14-12-10-8-6-2/h5-37H2,1-4H3. The quantitative estimate of drug-likeness (QED) is 0.0342. The van der Waals surface area contributed by atoms with Crippen LogP contribution in [0.1, 0.15) is 162 Å². The lowest BCUT2D eigenvalue weighted by Gasteiger charge is -2.20. The van der Waals surface area contributed by atoms with Gasteiger partial charge in [0.25, 0.3) is 0 Å². The summed E-state index contributed by atoms with van der Waals surface area (Å²) >= 11 is 0. The zero-order valence-corrected chi connectivity index (χ0v) is 35.8. The lowest BCUT2D eigenvalue weighted by Crippen LogP contribution is -2.29. The summed E-state index contributed by atoms with van der Waals surface area (Å²) < 4.78 is 10.8. The fourth-order valence-corrected chi connectivity index (χ4v) is 9.40. The maximum Gasteiger partial charge on any atom is 0.307 e. The van der Waals surface area contributed by atoms with Gasteiger partial charge in [-0.05, 0) is 46.4 Å². The molecule has 292 valence electrons. The molecular formula is C39H78N2O4S4. The van der Waals surface area contributed by atoms with Crippen molar-refractivity contribution in [2.75, 3.05) is 76.5 Å². The molecule has 0 atom stereocenters. The summed E-state index contributed by atoms with van der Waals surface area (Å²) in [5.41, 5.74) is 0. The largest absolute Gasteiger partial charge is 0.465 e. The highest BCUT2D eigenvalue weighted by Gasteiger charge is 2.09. The molecule has 10 heteroatoms. The minimum atomic E-state index is -0.103. The van der Waals surface area contributed by atoms with Crippen molar-refractivity contribution in [1.82, 2.24) is 9.80 Å². The van der Waals surface area contributed by atoms with E-state index in [0.29, 0.717) is 39.1 Å². The molecule has 0 unspecified atom stereocenters. The Kier molecular flexibility index (Phi) is 41.2. The summed E-state index contributed by atoms with van der Waals surface area (Å²) in [4.78, 5) is 28.6. The minimum absolute atomic E-state index is 0.103. The van der Waals surface area contributed by atoms with Crippen LogP contribution in [0.3, 0.4) is 0 Å². The van der Waals surface area contributed by atoms with Crippen LogP contribution >= 0.6 is 43.2 Å². The average Bonchev–Trinajstić information content (AvgIpc) is 3.09. The number of esters is 2. The van der Waals surface area contributed by atoms with Crippen molar-refractivity contribution in [3.05, 3.63) is 0 Å². The molecule has 0 aromatic heterocycles. The van der Waals surface area contributed by atoms with Gasteiger partial charge in [0.2, 0.25) is 0 Å². The first-order valence-corrected chi connectivity index (χ1v) is 25.1. The van der Waals surface area contributed by atoms with Crippen molar-refractivity contribution < 1.29 is 19.1 Å². The first kappa shape index (κ1) is 49.3. The number of rotatable bonds is 40. The Morgan fingerprint density at radius 1 is 0.408 bits per heavy atom. The number of hydrogen-bond donors (Lipinski definition) is 0. The molecule has 0 spiro atoms. The number of carbonyl (C=O) groups excluding carboxylic acids is 2. The maximum absolute atomic E-state index is 12.1. The summed E-state index contributed by atoms with van der Waals surface area (Å²) in [6.07, 6.45) is 29.4. The molecule has 0 saturated heterocycles. The van der Waals surface area contributed by atoms with E-state index < -0.39 is 0 Å². The molecule has 0 aliphatic heterocycles.